The third kappa shape index (κ3) is 1.70. The van der Waals surface area contributed by atoms with Crippen LogP contribution in [0.25, 0.3) is 16.3 Å². The summed E-state index contributed by atoms with van der Waals surface area (Å²) in [5.74, 6) is 0.568. The van der Waals surface area contributed by atoms with Crippen LogP contribution in [0, 0.1) is 0 Å². The van der Waals surface area contributed by atoms with Crippen LogP contribution in [0.2, 0.25) is 0 Å². The molecule has 0 amide bonds. The van der Waals surface area contributed by atoms with Gasteiger partial charge in [-0.15, -0.1) is 16.4 Å². The highest BCUT2D eigenvalue weighted by atomic mass is 32.1. The van der Waals surface area contributed by atoms with Gasteiger partial charge in [0.15, 0.2) is 5.82 Å². The van der Waals surface area contributed by atoms with E-state index in [1.165, 1.54) is 0 Å². The van der Waals surface area contributed by atoms with Crippen molar-refractivity contribution in [3.8, 4) is 16.3 Å². The van der Waals surface area contributed by atoms with Gasteiger partial charge in [-0.3, -0.25) is 0 Å². The van der Waals surface area contributed by atoms with Crippen molar-refractivity contribution >= 4 is 17.2 Å². The normalized spacial score (nSPS) is 10.6. The second-order valence-corrected chi connectivity index (χ2v) is 4.50. The van der Waals surface area contributed by atoms with E-state index in [-0.39, 0.29) is 0 Å². The number of aromatic nitrogens is 3. The van der Waals surface area contributed by atoms with Gasteiger partial charge in [-0.05, 0) is 23.6 Å². The highest BCUT2D eigenvalue weighted by Crippen LogP contribution is 2.28. The van der Waals surface area contributed by atoms with Gasteiger partial charge in [0.2, 0.25) is 0 Å². The molecule has 0 aliphatic carbocycles. The molecule has 0 radical (unpaired) electrons. The summed E-state index contributed by atoms with van der Waals surface area (Å²) >= 11 is 1.60. The fraction of sp³-hybridized carbons (Fsp3) is 0. The van der Waals surface area contributed by atoms with Gasteiger partial charge in [-0.25, -0.2) is 0 Å². The highest BCUT2D eigenvalue weighted by molar-refractivity contribution is 7.13. The number of hydrogen-bond donors (Lipinski definition) is 1. The molecule has 2 aromatic heterocycles. The minimum absolute atomic E-state index is 0.568. The van der Waals surface area contributed by atoms with Crippen LogP contribution in [-0.2, 0) is 0 Å². The Morgan fingerprint density at radius 1 is 1.06 bits per heavy atom. The summed E-state index contributed by atoms with van der Waals surface area (Å²) in [6, 6.07) is 13.7. The molecule has 84 valence electrons. The minimum atomic E-state index is 0.568. The lowest BCUT2D eigenvalue weighted by Gasteiger charge is -2.01. The topological polar surface area (TPSA) is 56.7 Å². The SMILES string of the molecule is Nc1c(-c2cccs2)nnn1-c1ccccc1. The molecule has 0 saturated heterocycles. The van der Waals surface area contributed by atoms with E-state index in [1.54, 1.807) is 16.0 Å². The van der Waals surface area contributed by atoms with Crippen LogP contribution >= 0.6 is 11.3 Å². The van der Waals surface area contributed by atoms with E-state index < -0.39 is 0 Å². The summed E-state index contributed by atoms with van der Waals surface area (Å²) in [6.45, 7) is 0. The van der Waals surface area contributed by atoms with Gasteiger partial charge >= 0.3 is 0 Å². The van der Waals surface area contributed by atoms with E-state index in [4.69, 9.17) is 5.73 Å². The van der Waals surface area contributed by atoms with Gasteiger partial charge in [0, 0.05) is 0 Å². The lowest BCUT2D eigenvalue weighted by Crippen LogP contribution is -2.01. The van der Waals surface area contributed by atoms with Crippen molar-refractivity contribution in [3.63, 3.8) is 0 Å². The Balaban J connectivity index is 2.10. The second kappa shape index (κ2) is 4.03. The molecule has 0 fully saturated rings. The summed E-state index contributed by atoms with van der Waals surface area (Å²) in [5, 5.41) is 10.2. The third-order valence-electron chi connectivity index (χ3n) is 2.46. The van der Waals surface area contributed by atoms with Crippen LogP contribution in [0.15, 0.2) is 47.8 Å². The molecule has 3 rings (SSSR count). The van der Waals surface area contributed by atoms with Crippen LogP contribution in [-0.4, -0.2) is 15.0 Å². The zero-order valence-electron chi connectivity index (χ0n) is 8.95. The van der Waals surface area contributed by atoms with Gasteiger partial charge in [0.25, 0.3) is 0 Å². The molecule has 0 unspecified atom stereocenters. The van der Waals surface area contributed by atoms with Crippen molar-refractivity contribution in [2.75, 3.05) is 5.73 Å². The molecule has 17 heavy (non-hydrogen) atoms. The van der Waals surface area contributed by atoms with Gasteiger partial charge in [-0.2, -0.15) is 4.68 Å². The minimum Gasteiger partial charge on any atom is -0.382 e. The zero-order chi connectivity index (χ0) is 11.7. The molecule has 0 aliphatic heterocycles. The number of thiophene rings is 1. The zero-order valence-corrected chi connectivity index (χ0v) is 9.76. The molecule has 1 aromatic carbocycles. The molecule has 2 N–H and O–H groups in total. The van der Waals surface area contributed by atoms with Crippen molar-refractivity contribution in [1.29, 1.82) is 0 Å². The summed E-state index contributed by atoms with van der Waals surface area (Å²) in [4.78, 5) is 1.03. The van der Waals surface area contributed by atoms with E-state index >= 15 is 0 Å². The lowest BCUT2D eigenvalue weighted by molar-refractivity contribution is 0.810. The Morgan fingerprint density at radius 3 is 2.59 bits per heavy atom. The smallest absolute Gasteiger partial charge is 0.156 e. The van der Waals surface area contributed by atoms with Gasteiger partial charge in [0.05, 0.1) is 10.6 Å². The number of nitrogens with zero attached hydrogens (tertiary/aromatic N) is 3. The molecule has 4 nitrogen and oxygen atoms in total. The Bertz CT molecular complexity index is 613. The number of hydrogen-bond acceptors (Lipinski definition) is 4. The van der Waals surface area contributed by atoms with Crippen LogP contribution in [0.3, 0.4) is 0 Å². The summed E-state index contributed by atoms with van der Waals surface area (Å²) in [7, 11) is 0. The Kier molecular flexibility index (Phi) is 2.38. The second-order valence-electron chi connectivity index (χ2n) is 3.55. The molecular formula is C12H10N4S. The van der Waals surface area contributed by atoms with Crippen LogP contribution in [0.5, 0.6) is 0 Å². The van der Waals surface area contributed by atoms with E-state index in [9.17, 15) is 0 Å². The fourth-order valence-corrected chi connectivity index (χ4v) is 2.36. The largest absolute Gasteiger partial charge is 0.382 e. The van der Waals surface area contributed by atoms with E-state index in [0.29, 0.717) is 5.82 Å². The number of para-hydroxylation sites is 1. The molecule has 0 spiro atoms. The van der Waals surface area contributed by atoms with E-state index in [0.717, 1.165) is 16.3 Å². The standard InChI is InChI=1S/C12H10N4S/c13-12-11(10-7-4-8-17-10)14-15-16(12)9-5-2-1-3-6-9/h1-8H,13H2. The molecule has 0 bridgehead atoms. The quantitative estimate of drug-likeness (QED) is 0.751. The molecule has 5 heteroatoms. The van der Waals surface area contributed by atoms with Gasteiger partial charge in [-0.1, -0.05) is 29.5 Å². The predicted octanol–water partition coefficient (Wildman–Crippen LogP) is 2.58. The van der Waals surface area contributed by atoms with E-state index in [2.05, 4.69) is 10.3 Å². The summed E-state index contributed by atoms with van der Waals surface area (Å²) < 4.78 is 1.65. The van der Waals surface area contributed by atoms with Crippen LogP contribution in [0.1, 0.15) is 0 Å². The first-order chi connectivity index (χ1) is 8.36. The highest BCUT2D eigenvalue weighted by Gasteiger charge is 2.13. The fourth-order valence-electron chi connectivity index (χ4n) is 1.64. The number of rotatable bonds is 2. The maximum atomic E-state index is 6.07. The van der Waals surface area contributed by atoms with Crippen molar-refractivity contribution in [2.24, 2.45) is 0 Å². The molecule has 3 aromatic rings. The number of benzene rings is 1. The van der Waals surface area contributed by atoms with E-state index in [1.807, 2.05) is 47.8 Å². The Hall–Kier alpha value is -2.14. The average Bonchev–Trinajstić information content (AvgIpc) is 2.99. The number of nitrogens with two attached hydrogens (primary N) is 1. The maximum absolute atomic E-state index is 6.07. The lowest BCUT2D eigenvalue weighted by atomic mass is 10.3. The van der Waals surface area contributed by atoms with Crippen LogP contribution in [0.4, 0.5) is 5.82 Å². The third-order valence-corrected chi connectivity index (χ3v) is 3.34. The van der Waals surface area contributed by atoms with Crippen molar-refractivity contribution in [2.45, 2.75) is 0 Å². The first-order valence-electron chi connectivity index (χ1n) is 5.17. The van der Waals surface area contributed by atoms with Gasteiger partial charge < -0.3 is 5.73 Å². The van der Waals surface area contributed by atoms with Crippen molar-refractivity contribution < 1.29 is 0 Å². The average molecular weight is 242 g/mol. The van der Waals surface area contributed by atoms with Gasteiger partial charge in [0.1, 0.15) is 5.69 Å². The Morgan fingerprint density at radius 2 is 1.88 bits per heavy atom. The van der Waals surface area contributed by atoms with Crippen molar-refractivity contribution in [1.82, 2.24) is 15.0 Å². The number of nitrogen functional groups attached to an aromatic ring is 1. The summed E-state index contributed by atoms with van der Waals surface area (Å²) in [5.41, 5.74) is 7.73. The number of anilines is 1. The first-order valence-corrected chi connectivity index (χ1v) is 6.05. The van der Waals surface area contributed by atoms with Crippen molar-refractivity contribution in [3.05, 3.63) is 47.8 Å². The molecule has 0 saturated carbocycles. The first kappa shape index (κ1) is 10.0. The predicted molar refractivity (Wildman–Crippen MR) is 69.1 cm³/mol. The molecular weight excluding hydrogens is 232 g/mol. The monoisotopic (exact) mass is 242 g/mol. The summed E-state index contributed by atoms with van der Waals surface area (Å²) in [6.07, 6.45) is 0. The molecule has 2 heterocycles. The Labute approximate surface area is 102 Å². The molecule has 0 atom stereocenters. The van der Waals surface area contributed by atoms with Crippen LogP contribution < -0.4 is 5.73 Å². The maximum Gasteiger partial charge on any atom is 0.156 e. The molecule has 0 aliphatic rings.